The van der Waals surface area contributed by atoms with Gasteiger partial charge in [0, 0.05) is 6.61 Å². The van der Waals surface area contributed by atoms with Gasteiger partial charge in [-0.25, -0.2) is 0 Å². The van der Waals surface area contributed by atoms with Gasteiger partial charge in [0.1, 0.15) is 5.41 Å². The lowest BCUT2D eigenvalue weighted by Gasteiger charge is -2.34. The molecule has 2 unspecified atom stereocenters. The van der Waals surface area contributed by atoms with Crippen LogP contribution in [-0.4, -0.2) is 59.8 Å². The monoisotopic (exact) mass is 370 g/mol. The molecule has 1 rings (SSSR count). The van der Waals surface area contributed by atoms with E-state index >= 15 is 0 Å². The molecule has 0 aromatic rings. The Balaban J connectivity index is 2.45. The summed E-state index contributed by atoms with van der Waals surface area (Å²) in [4.78, 5) is 0. The van der Waals surface area contributed by atoms with Crippen molar-refractivity contribution in [2.24, 2.45) is 0 Å². The van der Waals surface area contributed by atoms with E-state index in [2.05, 4.69) is 4.74 Å². The summed E-state index contributed by atoms with van der Waals surface area (Å²) in [6, 6.07) is 0. The highest BCUT2D eigenvalue weighted by Crippen LogP contribution is 2.39. The molecule has 0 aromatic heterocycles. The van der Waals surface area contributed by atoms with Crippen molar-refractivity contribution in [2.45, 2.75) is 42.5 Å². The van der Waals surface area contributed by atoms with Gasteiger partial charge in [-0.05, 0) is 25.7 Å². The van der Waals surface area contributed by atoms with Crippen LogP contribution >= 0.6 is 0 Å². The minimum atomic E-state index is -6.11. The second kappa shape index (κ2) is 7.09. The molecule has 1 heterocycles. The first-order valence-corrected chi connectivity index (χ1v) is 9.00. The summed E-state index contributed by atoms with van der Waals surface area (Å²) in [5.41, 5.74) is -0.724. The van der Waals surface area contributed by atoms with E-state index in [4.69, 9.17) is 14.0 Å². The molecular weight excluding hydrogens is 352 g/mol. The molecule has 6 nitrogen and oxygen atoms in total. The van der Waals surface area contributed by atoms with Crippen molar-refractivity contribution in [1.82, 2.24) is 0 Å². The number of alkyl halides is 4. The maximum atomic E-state index is 13.4. The Hall–Kier alpha value is -0.273. The Kier molecular flexibility index (Phi) is 6.37. The minimum absolute atomic E-state index is 0.0804. The average molecular weight is 370 g/mol. The first-order chi connectivity index (χ1) is 9.91. The average Bonchev–Trinajstić information content (AvgIpc) is 2.36. The van der Waals surface area contributed by atoms with Gasteiger partial charge in [0.2, 0.25) is 0 Å². The standard InChI is InChI=1S/C10H18F4O6SSi/c11-9(12,13)10(14,21(15,16)17)20-7-3-6-19-8(22)4-1-2-5-18-8/h1-7H2,22H3,(H,15,16,17). The van der Waals surface area contributed by atoms with Crippen molar-refractivity contribution < 1.29 is 44.7 Å². The highest BCUT2D eigenvalue weighted by Gasteiger charge is 2.67. The molecule has 0 aromatic carbocycles. The molecule has 0 spiro atoms. The van der Waals surface area contributed by atoms with Crippen molar-refractivity contribution >= 4 is 20.4 Å². The zero-order valence-corrected chi connectivity index (χ0v) is 14.7. The lowest BCUT2D eigenvalue weighted by molar-refractivity contribution is -0.292. The van der Waals surface area contributed by atoms with E-state index in [-0.39, 0.29) is 13.0 Å². The third-order valence-electron chi connectivity index (χ3n) is 3.09. The van der Waals surface area contributed by atoms with Gasteiger partial charge in [0.25, 0.3) is 0 Å². The molecule has 0 saturated carbocycles. The molecule has 1 aliphatic heterocycles. The smallest absolute Gasteiger partial charge is 0.355 e. The number of rotatable bonds is 7. The highest BCUT2D eigenvalue weighted by molar-refractivity contribution is 7.87. The number of halogens is 4. The zero-order valence-electron chi connectivity index (χ0n) is 11.9. The van der Waals surface area contributed by atoms with Gasteiger partial charge >= 0.3 is 21.5 Å². The SMILES string of the molecule is O=S(=O)(O)C(F)(OCCCOC1([SiH3])CCCCO1)C(F)(F)F. The summed E-state index contributed by atoms with van der Waals surface area (Å²) in [6.07, 6.45) is -3.62. The van der Waals surface area contributed by atoms with Crippen LogP contribution in [0.2, 0.25) is 0 Å². The van der Waals surface area contributed by atoms with Crippen LogP contribution in [-0.2, 0) is 24.3 Å². The normalized spacial score (nSPS) is 26.8. The van der Waals surface area contributed by atoms with Crippen molar-refractivity contribution in [3.05, 3.63) is 0 Å². The van der Waals surface area contributed by atoms with Gasteiger partial charge in [0.05, 0.1) is 23.5 Å². The van der Waals surface area contributed by atoms with Gasteiger partial charge < -0.3 is 14.2 Å². The predicted octanol–water partition coefficient (Wildman–Crippen LogP) is 0.703. The fraction of sp³-hybridized carbons (Fsp3) is 1.00. The summed E-state index contributed by atoms with van der Waals surface area (Å²) in [7, 11) is -5.56. The van der Waals surface area contributed by atoms with Crippen molar-refractivity contribution in [2.75, 3.05) is 19.8 Å². The van der Waals surface area contributed by atoms with Crippen LogP contribution in [0.5, 0.6) is 0 Å². The third-order valence-corrected chi connectivity index (χ3v) is 5.18. The quantitative estimate of drug-likeness (QED) is 0.308. The third kappa shape index (κ3) is 4.86. The summed E-state index contributed by atoms with van der Waals surface area (Å²) in [5, 5.41) is -5.14. The van der Waals surface area contributed by atoms with Crippen LogP contribution in [0.15, 0.2) is 0 Å². The largest absolute Gasteiger partial charge is 0.467 e. The molecule has 0 bridgehead atoms. The van der Waals surface area contributed by atoms with E-state index in [0.717, 1.165) is 12.8 Å². The molecule has 0 radical (unpaired) electrons. The molecule has 22 heavy (non-hydrogen) atoms. The van der Waals surface area contributed by atoms with Gasteiger partial charge in [-0.1, -0.05) is 0 Å². The summed E-state index contributed by atoms with van der Waals surface area (Å²) in [5.74, 6) is 0. The Morgan fingerprint density at radius 2 is 1.86 bits per heavy atom. The summed E-state index contributed by atoms with van der Waals surface area (Å²) >= 11 is 0. The molecule has 1 saturated heterocycles. The van der Waals surface area contributed by atoms with Crippen LogP contribution in [0.25, 0.3) is 0 Å². The van der Waals surface area contributed by atoms with Crippen LogP contribution in [0.4, 0.5) is 17.6 Å². The van der Waals surface area contributed by atoms with E-state index < -0.39 is 33.5 Å². The molecule has 0 aliphatic carbocycles. The molecule has 12 heteroatoms. The maximum absolute atomic E-state index is 13.4. The highest BCUT2D eigenvalue weighted by atomic mass is 32.2. The lowest BCUT2D eigenvalue weighted by atomic mass is 10.2. The number of hydrogen-bond donors (Lipinski definition) is 1. The molecule has 0 amide bonds. The first kappa shape index (κ1) is 19.8. The fourth-order valence-corrected chi connectivity index (χ4v) is 3.16. The summed E-state index contributed by atoms with van der Waals surface area (Å²) in [6.45, 7) is -0.444. The van der Waals surface area contributed by atoms with E-state index in [9.17, 15) is 26.0 Å². The van der Waals surface area contributed by atoms with Crippen LogP contribution in [0.1, 0.15) is 25.7 Å². The van der Waals surface area contributed by atoms with E-state index in [1.54, 1.807) is 0 Å². The topological polar surface area (TPSA) is 82.1 Å². The Morgan fingerprint density at radius 1 is 1.23 bits per heavy atom. The van der Waals surface area contributed by atoms with Crippen molar-refractivity contribution in [1.29, 1.82) is 0 Å². The van der Waals surface area contributed by atoms with Gasteiger partial charge in [0.15, 0.2) is 0 Å². The molecule has 2 atom stereocenters. The first-order valence-electron chi connectivity index (χ1n) is 6.56. The van der Waals surface area contributed by atoms with Crippen LogP contribution in [0, 0.1) is 0 Å². The van der Waals surface area contributed by atoms with Crippen molar-refractivity contribution in [3.8, 4) is 0 Å². The second-order valence-corrected chi connectivity index (χ2v) is 8.00. The molecule has 1 N–H and O–H groups in total. The maximum Gasteiger partial charge on any atom is 0.467 e. The predicted molar refractivity (Wildman–Crippen MR) is 70.4 cm³/mol. The minimum Gasteiger partial charge on any atom is -0.355 e. The van der Waals surface area contributed by atoms with E-state index in [1.165, 1.54) is 0 Å². The van der Waals surface area contributed by atoms with E-state index in [1.807, 2.05) is 0 Å². The Labute approximate surface area is 128 Å². The van der Waals surface area contributed by atoms with Crippen molar-refractivity contribution in [3.63, 3.8) is 0 Å². The second-order valence-electron chi connectivity index (χ2n) is 5.00. The molecule has 1 fully saturated rings. The summed E-state index contributed by atoms with van der Waals surface area (Å²) < 4.78 is 94.6. The zero-order chi connectivity index (χ0) is 17.1. The lowest BCUT2D eigenvalue weighted by Crippen LogP contribution is -2.50. The fourth-order valence-electron chi connectivity index (χ4n) is 1.88. The molecule has 1 aliphatic rings. The van der Waals surface area contributed by atoms with E-state index in [0.29, 0.717) is 23.3 Å². The van der Waals surface area contributed by atoms with Crippen LogP contribution in [0.3, 0.4) is 0 Å². The number of hydrogen-bond acceptors (Lipinski definition) is 5. The van der Waals surface area contributed by atoms with Crippen LogP contribution < -0.4 is 0 Å². The molecule has 132 valence electrons. The van der Waals surface area contributed by atoms with Gasteiger partial charge in [-0.2, -0.15) is 26.0 Å². The molecular formula is C10H18F4O6SSi. The Morgan fingerprint density at radius 3 is 2.32 bits per heavy atom. The van der Waals surface area contributed by atoms with Gasteiger partial charge in [-0.15, -0.1) is 0 Å². The Bertz CT molecular complexity index is 465. The number of ether oxygens (including phenoxy) is 3. The van der Waals surface area contributed by atoms with Gasteiger partial charge in [-0.3, -0.25) is 4.55 Å².